The van der Waals surface area contributed by atoms with Gasteiger partial charge in [0.15, 0.2) is 5.78 Å². The van der Waals surface area contributed by atoms with Crippen molar-refractivity contribution < 1.29 is 22.4 Å². The van der Waals surface area contributed by atoms with Crippen LogP contribution in [0.25, 0.3) is 0 Å². The van der Waals surface area contributed by atoms with Gasteiger partial charge in [0.05, 0.1) is 16.5 Å². The first-order chi connectivity index (χ1) is 7.27. The molecule has 0 atom stereocenters. The average Bonchev–Trinajstić information content (AvgIpc) is 2.18. The molecule has 0 aromatic heterocycles. The summed E-state index contributed by atoms with van der Waals surface area (Å²) in [5, 5.41) is -0.554. The van der Waals surface area contributed by atoms with Gasteiger partial charge in [-0.25, -0.2) is 4.39 Å². The summed E-state index contributed by atoms with van der Waals surface area (Å²) >= 11 is 10.4. The molecule has 0 N–H and O–H groups in total. The summed E-state index contributed by atoms with van der Waals surface area (Å²) in [6, 6.07) is 0.812. The number of ketones is 1. The van der Waals surface area contributed by atoms with E-state index in [1.54, 1.807) is 0 Å². The molecule has 0 saturated heterocycles. The Bertz CT molecular complexity index is 428. The van der Waals surface area contributed by atoms with Crippen molar-refractivity contribution in [2.45, 2.75) is 6.18 Å². The van der Waals surface area contributed by atoms with E-state index in [0.29, 0.717) is 6.07 Å². The quantitative estimate of drug-likeness (QED) is 0.454. The smallest absolute Gasteiger partial charge is 0.293 e. The Morgan fingerprint density at radius 3 is 2.31 bits per heavy atom. The van der Waals surface area contributed by atoms with Gasteiger partial charge < -0.3 is 0 Å². The molecule has 0 radical (unpaired) electrons. The summed E-state index contributed by atoms with van der Waals surface area (Å²) in [4.78, 5) is 11.1. The zero-order valence-corrected chi connectivity index (χ0v) is 9.05. The molecule has 0 fully saturated rings. The first kappa shape index (κ1) is 13.3. The first-order valence-electron chi connectivity index (χ1n) is 3.92. The minimum absolute atomic E-state index is 0.183. The number of carbonyl (C=O) groups is 1. The van der Waals surface area contributed by atoms with E-state index < -0.39 is 39.8 Å². The maximum atomic E-state index is 12.9. The zero-order valence-electron chi connectivity index (χ0n) is 7.54. The highest BCUT2D eigenvalue weighted by Crippen LogP contribution is 2.34. The van der Waals surface area contributed by atoms with Gasteiger partial charge in [-0.3, -0.25) is 4.79 Å². The number of benzene rings is 1. The van der Waals surface area contributed by atoms with E-state index >= 15 is 0 Å². The Kier molecular flexibility index (Phi) is 3.80. The molecular weight excluding hydrogens is 271 g/mol. The average molecular weight is 275 g/mol. The van der Waals surface area contributed by atoms with Crippen molar-refractivity contribution in [2.75, 3.05) is 5.88 Å². The minimum atomic E-state index is -4.83. The Morgan fingerprint density at radius 1 is 1.31 bits per heavy atom. The molecule has 0 amide bonds. The molecule has 16 heavy (non-hydrogen) atoms. The zero-order chi connectivity index (χ0) is 12.5. The Morgan fingerprint density at radius 2 is 1.88 bits per heavy atom. The van der Waals surface area contributed by atoms with Gasteiger partial charge in [-0.15, -0.1) is 11.6 Å². The van der Waals surface area contributed by atoms with Crippen LogP contribution >= 0.6 is 23.2 Å². The van der Waals surface area contributed by atoms with E-state index in [1.807, 2.05) is 0 Å². The molecular formula is C9H4Cl2F4O. The summed E-state index contributed by atoms with van der Waals surface area (Å²) < 4.78 is 50.2. The Balaban J connectivity index is 3.45. The molecule has 1 nitrogen and oxygen atoms in total. The van der Waals surface area contributed by atoms with Crippen molar-refractivity contribution in [1.29, 1.82) is 0 Å². The standard InChI is InChI=1S/C9H4Cl2F4O/c10-3-8(16)4-1-6(11)7(12)2-5(4)9(13,14)15/h1-2H,3H2. The summed E-state index contributed by atoms with van der Waals surface area (Å²) in [7, 11) is 0. The number of hydrogen-bond donors (Lipinski definition) is 0. The molecule has 0 bridgehead atoms. The molecule has 7 heteroatoms. The Labute approximate surface area is 98.0 Å². The number of rotatable bonds is 2. The molecule has 1 aromatic carbocycles. The number of halogens is 6. The highest BCUT2D eigenvalue weighted by molar-refractivity contribution is 6.33. The molecule has 1 aromatic rings. The molecule has 0 aliphatic heterocycles. The van der Waals surface area contributed by atoms with E-state index in [2.05, 4.69) is 0 Å². The normalized spacial score (nSPS) is 11.6. The van der Waals surface area contributed by atoms with E-state index in [0.717, 1.165) is 0 Å². The third-order valence-corrected chi connectivity index (χ3v) is 2.32. The highest BCUT2D eigenvalue weighted by Gasteiger charge is 2.36. The fraction of sp³-hybridized carbons (Fsp3) is 0.222. The van der Waals surface area contributed by atoms with Gasteiger partial charge in [0.1, 0.15) is 5.82 Å². The third kappa shape index (κ3) is 2.65. The molecule has 0 aliphatic carbocycles. The van der Waals surface area contributed by atoms with E-state index in [9.17, 15) is 22.4 Å². The third-order valence-electron chi connectivity index (χ3n) is 1.79. The summed E-state index contributed by atoms with van der Waals surface area (Å²) in [5.74, 6) is -2.83. The number of hydrogen-bond acceptors (Lipinski definition) is 1. The lowest BCUT2D eigenvalue weighted by Gasteiger charge is -2.12. The van der Waals surface area contributed by atoms with Gasteiger partial charge in [-0.05, 0) is 12.1 Å². The van der Waals surface area contributed by atoms with Crippen LogP contribution in [0.5, 0.6) is 0 Å². The number of carbonyl (C=O) groups excluding carboxylic acids is 1. The van der Waals surface area contributed by atoms with Crippen molar-refractivity contribution in [3.63, 3.8) is 0 Å². The van der Waals surface area contributed by atoms with Crippen molar-refractivity contribution in [2.24, 2.45) is 0 Å². The summed E-state index contributed by atoms with van der Waals surface area (Å²) in [5.41, 5.74) is -2.10. The van der Waals surface area contributed by atoms with Gasteiger partial charge in [-0.1, -0.05) is 11.6 Å². The summed E-state index contributed by atoms with van der Waals surface area (Å²) in [6.07, 6.45) is -4.83. The van der Waals surface area contributed by atoms with Gasteiger partial charge in [0, 0.05) is 5.56 Å². The van der Waals surface area contributed by atoms with Crippen LogP contribution in [0.2, 0.25) is 5.02 Å². The fourth-order valence-corrected chi connectivity index (χ4v) is 1.39. The second-order valence-electron chi connectivity index (χ2n) is 2.87. The maximum Gasteiger partial charge on any atom is 0.417 e. The molecule has 88 valence electrons. The first-order valence-corrected chi connectivity index (χ1v) is 4.84. The number of alkyl halides is 4. The molecule has 1 rings (SSSR count). The highest BCUT2D eigenvalue weighted by atomic mass is 35.5. The van der Waals surface area contributed by atoms with Crippen LogP contribution in [0.4, 0.5) is 17.6 Å². The van der Waals surface area contributed by atoms with Crippen LogP contribution in [0.15, 0.2) is 12.1 Å². The second-order valence-corrected chi connectivity index (χ2v) is 3.54. The second kappa shape index (κ2) is 4.59. The SMILES string of the molecule is O=C(CCl)c1cc(Cl)c(F)cc1C(F)(F)F. The lowest BCUT2D eigenvalue weighted by atomic mass is 10.0. The number of Topliss-reactive ketones (excluding diaryl/α,β-unsaturated/α-hetero) is 1. The minimum Gasteiger partial charge on any atom is -0.293 e. The fourth-order valence-electron chi connectivity index (χ4n) is 1.08. The monoisotopic (exact) mass is 274 g/mol. The largest absolute Gasteiger partial charge is 0.417 e. The molecule has 0 heterocycles. The predicted octanol–water partition coefficient (Wildman–Crippen LogP) is 3.92. The van der Waals surface area contributed by atoms with Gasteiger partial charge in [0.25, 0.3) is 0 Å². The van der Waals surface area contributed by atoms with Crippen LogP contribution in [0.3, 0.4) is 0 Å². The lowest BCUT2D eigenvalue weighted by molar-refractivity contribution is -0.138. The van der Waals surface area contributed by atoms with Gasteiger partial charge in [-0.2, -0.15) is 13.2 Å². The molecule has 0 spiro atoms. The van der Waals surface area contributed by atoms with Crippen LogP contribution in [-0.4, -0.2) is 11.7 Å². The predicted molar refractivity (Wildman–Crippen MR) is 51.5 cm³/mol. The molecule has 0 aliphatic rings. The van der Waals surface area contributed by atoms with Crippen LogP contribution in [-0.2, 0) is 6.18 Å². The van der Waals surface area contributed by atoms with Crippen LogP contribution in [0, 0.1) is 5.82 Å². The van der Waals surface area contributed by atoms with E-state index in [4.69, 9.17) is 23.2 Å². The van der Waals surface area contributed by atoms with Crippen molar-refractivity contribution in [3.05, 3.63) is 34.1 Å². The van der Waals surface area contributed by atoms with Crippen LogP contribution < -0.4 is 0 Å². The van der Waals surface area contributed by atoms with Crippen molar-refractivity contribution >= 4 is 29.0 Å². The topological polar surface area (TPSA) is 17.1 Å². The maximum absolute atomic E-state index is 12.9. The van der Waals surface area contributed by atoms with Crippen LogP contribution in [0.1, 0.15) is 15.9 Å². The molecule has 0 saturated carbocycles. The van der Waals surface area contributed by atoms with Gasteiger partial charge >= 0.3 is 6.18 Å². The van der Waals surface area contributed by atoms with E-state index in [1.165, 1.54) is 0 Å². The van der Waals surface area contributed by atoms with E-state index in [-0.39, 0.29) is 6.07 Å². The molecule has 0 unspecified atom stereocenters. The van der Waals surface area contributed by atoms with Gasteiger partial charge in [0.2, 0.25) is 0 Å². The van der Waals surface area contributed by atoms with Crippen molar-refractivity contribution in [1.82, 2.24) is 0 Å². The summed E-state index contributed by atoms with van der Waals surface area (Å²) in [6.45, 7) is 0. The lowest BCUT2D eigenvalue weighted by Crippen LogP contribution is -2.14. The van der Waals surface area contributed by atoms with Crippen molar-refractivity contribution in [3.8, 4) is 0 Å². The Hall–Kier alpha value is -0.810.